The molecule has 1 aromatic carbocycles. The minimum absolute atomic E-state index is 0.217. The first kappa shape index (κ1) is 16.8. The van der Waals surface area contributed by atoms with E-state index in [2.05, 4.69) is 26.1 Å². The molecular weight excluding hydrogens is 363 g/mol. The van der Waals surface area contributed by atoms with Gasteiger partial charge in [0.1, 0.15) is 17.6 Å². The molecule has 2 aromatic heterocycles. The molecule has 2 N–H and O–H groups in total. The Bertz CT molecular complexity index is 1020. The van der Waals surface area contributed by atoms with Gasteiger partial charge in [0, 0.05) is 24.6 Å². The number of aromatic nitrogens is 3. The van der Waals surface area contributed by atoms with Gasteiger partial charge in [-0.25, -0.2) is 4.39 Å². The third kappa shape index (κ3) is 2.90. The summed E-state index contributed by atoms with van der Waals surface area (Å²) in [5, 5.41) is 5.68. The highest BCUT2D eigenvalue weighted by molar-refractivity contribution is 5.72. The number of rotatable bonds is 4. The monoisotopic (exact) mass is 380 g/mol. The lowest BCUT2D eigenvalue weighted by molar-refractivity contribution is 0.135. The van der Waals surface area contributed by atoms with Crippen LogP contribution in [0, 0.1) is 5.82 Å². The lowest BCUT2D eigenvalue weighted by Gasteiger charge is -2.24. The Labute approximate surface area is 160 Å². The summed E-state index contributed by atoms with van der Waals surface area (Å²) in [7, 11) is 0. The molecule has 0 radical (unpaired) electrons. The van der Waals surface area contributed by atoms with Crippen LogP contribution in [0.1, 0.15) is 18.7 Å². The van der Waals surface area contributed by atoms with Crippen LogP contribution in [0.3, 0.4) is 0 Å². The van der Waals surface area contributed by atoms with E-state index in [1.807, 2.05) is 6.07 Å². The fourth-order valence-corrected chi connectivity index (χ4v) is 3.37. The van der Waals surface area contributed by atoms with E-state index in [4.69, 9.17) is 9.26 Å². The van der Waals surface area contributed by atoms with E-state index in [-0.39, 0.29) is 17.8 Å². The maximum absolute atomic E-state index is 14.4. The molecule has 0 aliphatic carbocycles. The van der Waals surface area contributed by atoms with Crippen molar-refractivity contribution in [2.24, 2.45) is 0 Å². The zero-order valence-electron chi connectivity index (χ0n) is 14.8. The number of anilines is 1. The Morgan fingerprint density at radius 1 is 1.18 bits per heavy atom. The average molecular weight is 380 g/mol. The average Bonchev–Trinajstić information content (AvgIpc) is 3.48. The number of nitrogens with one attached hydrogen (secondary N) is 2. The van der Waals surface area contributed by atoms with Crippen LogP contribution in [0.5, 0.6) is 0 Å². The van der Waals surface area contributed by atoms with Crippen molar-refractivity contribution in [1.82, 2.24) is 26.1 Å². The van der Waals surface area contributed by atoms with Gasteiger partial charge in [0.15, 0.2) is 0 Å². The summed E-state index contributed by atoms with van der Waals surface area (Å²) in [5.41, 5.74) is 8.43. The van der Waals surface area contributed by atoms with E-state index >= 15 is 0 Å². The fourth-order valence-electron chi connectivity index (χ4n) is 3.37. The van der Waals surface area contributed by atoms with Gasteiger partial charge in [0.05, 0.1) is 11.4 Å². The van der Waals surface area contributed by atoms with Crippen molar-refractivity contribution in [3.8, 4) is 11.4 Å². The highest BCUT2D eigenvalue weighted by atomic mass is 19.1. The standard InChI is InChI=1S/C19H17FN6O2/c20-13-6-1-2-7-14(13)26-17(15-8-4-10-27-15)16(23-25-26)19-22-18(24-28-19)12-5-3-9-21-11-12/h1-3,5-7,9,11,15,23,25H,4,8,10H2. The summed E-state index contributed by atoms with van der Waals surface area (Å²) >= 11 is 0. The number of benzene rings is 1. The second-order valence-corrected chi connectivity index (χ2v) is 6.45. The zero-order chi connectivity index (χ0) is 18.9. The molecule has 1 saturated heterocycles. The van der Waals surface area contributed by atoms with Gasteiger partial charge in [-0.05, 0) is 37.1 Å². The van der Waals surface area contributed by atoms with Crippen LogP contribution in [0.15, 0.2) is 59.0 Å². The lowest BCUT2D eigenvalue weighted by Crippen LogP contribution is -2.40. The van der Waals surface area contributed by atoms with Crippen LogP contribution >= 0.6 is 0 Å². The second kappa shape index (κ2) is 7.02. The topological polar surface area (TPSA) is 88.3 Å². The molecule has 3 aromatic rings. The first-order valence-corrected chi connectivity index (χ1v) is 8.98. The van der Waals surface area contributed by atoms with Gasteiger partial charge in [0.25, 0.3) is 5.89 Å². The molecule has 9 heteroatoms. The number of ether oxygens (including phenoxy) is 1. The fraction of sp³-hybridized carbons (Fsp3) is 0.211. The van der Waals surface area contributed by atoms with Gasteiger partial charge in [-0.2, -0.15) is 4.98 Å². The quantitative estimate of drug-likeness (QED) is 0.714. The predicted molar refractivity (Wildman–Crippen MR) is 98.6 cm³/mol. The largest absolute Gasteiger partial charge is 0.372 e. The summed E-state index contributed by atoms with van der Waals surface area (Å²) < 4.78 is 25.8. The number of nitrogens with zero attached hydrogens (tertiary/aromatic N) is 4. The highest BCUT2D eigenvalue weighted by Gasteiger charge is 2.36. The van der Waals surface area contributed by atoms with Crippen LogP contribution < -0.4 is 16.0 Å². The smallest absolute Gasteiger partial charge is 0.277 e. The normalized spacial score (nSPS) is 19.3. The molecule has 1 atom stereocenters. The lowest BCUT2D eigenvalue weighted by atomic mass is 10.1. The molecule has 5 rings (SSSR count). The van der Waals surface area contributed by atoms with Crippen molar-refractivity contribution in [2.75, 3.05) is 11.6 Å². The van der Waals surface area contributed by atoms with Crippen molar-refractivity contribution in [1.29, 1.82) is 0 Å². The molecule has 142 valence electrons. The molecule has 0 amide bonds. The van der Waals surface area contributed by atoms with E-state index in [0.29, 0.717) is 29.5 Å². The molecule has 8 nitrogen and oxygen atoms in total. The number of hydrazine groups is 2. The van der Waals surface area contributed by atoms with Crippen molar-refractivity contribution in [2.45, 2.75) is 18.9 Å². The maximum Gasteiger partial charge on any atom is 0.277 e. The molecule has 1 unspecified atom stereocenters. The summed E-state index contributed by atoms with van der Waals surface area (Å²) in [6.45, 7) is 0.650. The van der Waals surface area contributed by atoms with Crippen LogP contribution in [0.2, 0.25) is 0 Å². The van der Waals surface area contributed by atoms with Crippen molar-refractivity contribution < 1.29 is 13.7 Å². The molecule has 2 aliphatic rings. The summed E-state index contributed by atoms with van der Waals surface area (Å²) in [6.07, 6.45) is 4.87. The number of hydrogen-bond donors (Lipinski definition) is 2. The van der Waals surface area contributed by atoms with Crippen LogP contribution in [0.25, 0.3) is 17.1 Å². The summed E-state index contributed by atoms with van der Waals surface area (Å²) in [5.74, 6) is 0.360. The number of para-hydroxylation sites is 1. The van der Waals surface area contributed by atoms with Gasteiger partial charge < -0.3 is 9.26 Å². The van der Waals surface area contributed by atoms with Crippen molar-refractivity contribution in [3.05, 3.63) is 66.2 Å². The van der Waals surface area contributed by atoms with Crippen LogP contribution in [-0.2, 0) is 4.74 Å². The van der Waals surface area contributed by atoms with E-state index in [0.717, 1.165) is 18.4 Å². The molecule has 0 saturated carbocycles. The first-order valence-electron chi connectivity index (χ1n) is 8.98. The minimum Gasteiger partial charge on any atom is -0.372 e. The van der Waals surface area contributed by atoms with Crippen LogP contribution in [0.4, 0.5) is 10.1 Å². The molecule has 0 bridgehead atoms. The summed E-state index contributed by atoms with van der Waals surface area (Å²) in [6, 6.07) is 10.2. The summed E-state index contributed by atoms with van der Waals surface area (Å²) in [4.78, 5) is 8.56. The number of hydrogen-bond acceptors (Lipinski definition) is 8. The van der Waals surface area contributed by atoms with Crippen molar-refractivity contribution >= 4 is 11.4 Å². The Hall–Kier alpha value is -3.30. The van der Waals surface area contributed by atoms with Crippen LogP contribution in [-0.4, -0.2) is 27.8 Å². The molecule has 28 heavy (non-hydrogen) atoms. The van der Waals surface area contributed by atoms with E-state index in [9.17, 15) is 4.39 Å². The Morgan fingerprint density at radius 3 is 2.89 bits per heavy atom. The number of pyridine rings is 1. The second-order valence-electron chi connectivity index (χ2n) is 6.45. The van der Waals surface area contributed by atoms with E-state index < -0.39 is 0 Å². The third-order valence-corrected chi connectivity index (χ3v) is 4.68. The zero-order valence-corrected chi connectivity index (χ0v) is 14.8. The van der Waals surface area contributed by atoms with Gasteiger partial charge >= 0.3 is 0 Å². The molecule has 2 aliphatic heterocycles. The van der Waals surface area contributed by atoms with Gasteiger partial charge in [-0.15, -0.1) is 5.53 Å². The van der Waals surface area contributed by atoms with E-state index in [1.165, 1.54) is 6.07 Å². The molecular formula is C19H17FN6O2. The minimum atomic E-state index is -0.352. The van der Waals surface area contributed by atoms with Gasteiger partial charge in [-0.1, -0.05) is 17.3 Å². The van der Waals surface area contributed by atoms with Gasteiger partial charge in [0.2, 0.25) is 5.82 Å². The Balaban J connectivity index is 1.57. The molecule has 1 fully saturated rings. The van der Waals surface area contributed by atoms with Crippen molar-refractivity contribution in [3.63, 3.8) is 0 Å². The maximum atomic E-state index is 14.4. The SMILES string of the molecule is Fc1ccccc1N1NNC(c2nc(-c3cccnc3)no2)=C1C1CCCO1. The van der Waals surface area contributed by atoms with E-state index in [1.54, 1.807) is 41.7 Å². The molecule has 0 spiro atoms. The Kier molecular flexibility index (Phi) is 4.22. The molecule has 4 heterocycles. The Morgan fingerprint density at radius 2 is 2.11 bits per heavy atom. The first-order chi connectivity index (χ1) is 13.8. The van der Waals surface area contributed by atoms with Gasteiger partial charge in [-0.3, -0.25) is 15.4 Å². The predicted octanol–water partition coefficient (Wildman–Crippen LogP) is 2.65. The third-order valence-electron chi connectivity index (χ3n) is 4.68. The number of halogens is 1. The highest BCUT2D eigenvalue weighted by Crippen LogP contribution is 2.34.